The summed E-state index contributed by atoms with van der Waals surface area (Å²) in [4.78, 5) is 14.5. The maximum Gasteiger partial charge on any atom is 0.167 e. The monoisotopic (exact) mass is 905 g/mol. The molecule has 2 aliphatic carbocycles. The molecule has 71 heavy (non-hydrogen) atoms. The normalized spacial score (nSPS) is 13.3. The first-order chi connectivity index (χ1) is 35.1. The third-order valence-electron chi connectivity index (χ3n) is 15.4. The van der Waals surface area contributed by atoms with Crippen LogP contribution in [0.25, 0.3) is 122 Å². The standard InChI is InChI=1S/C65H39N5O/c1-38-66-63(39-17-4-2-5-18-39)68-64(67-38)47-26-16-25-46-52-33-41(31-32-61(52)71-62(46)47)70-58-30-15-11-24-45(58)51-35-49-48-34-50-44-23-10-14-29-57(44)69(40-19-6-3-7-20-40)59(50)36-55(48)65(56(49)37-60(51)70)53-27-12-8-21-42(53)43-22-9-13-28-54(43)65/h2-37H,1H3. The molecule has 4 aromatic heterocycles. The molecular weight excluding hydrogens is 867 g/mol. The van der Waals surface area contributed by atoms with Crippen LogP contribution in [0.15, 0.2) is 223 Å². The lowest BCUT2D eigenvalue weighted by molar-refractivity contribution is 0.669. The second kappa shape index (κ2) is 14.1. The molecule has 0 saturated carbocycles. The highest BCUT2D eigenvalue weighted by molar-refractivity contribution is 6.16. The van der Waals surface area contributed by atoms with E-state index in [4.69, 9.17) is 19.4 Å². The van der Waals surface area contributed by atoms with E-state index in [0.29, 0.717) is 17.5 Å². The van der Waals surface area contributed by atoms with Crippen LogP contribution in [0.4, 0.5) is 0 Å². The molecule has 0 fully saturated rings. The number of aryl methyl sites for hydroxylation is 1. The number of hydrogen-bond acceptors (Lipinski definition) is 4. The molecule has 0 bridgehead atoms. The van der Waals surface area contributed by atoms with Crippen molar-refractivity contribution in [1.29, 1.82) is 0 Å². The highest BCUT2D eigenvalue weighted by Gasteiger charge is 2.52. The van der Waals surface area contributed by atoms with Crippen LogP contribution in [-0.2, 0) is 5.41 Å². The van der Waals surface area contributed by atoms with Gasteiger partial charge in [0.05, 0.1) is 33.0 Å². The van der Waals surface area contributed by atoms with Crippen LogP contribution in [0.1, 0.15) is 28.1 Å². The molecule has 2 aliphatic rings. The van der Waals surface area contributed by atoms with Crippen molar-refractivity contribution < 1.29 is 4.42 Å². The van der Waals surface area contributed by atoms with Gasteiger partial charge in [0.15, 0.2) is 11.6 Å². The van der Waals surface area contributed by atoms with Crippen molar-refractivity contribution >= 4 is 65.6 Å². The Kier molecular flexibility index (Phi) is 7.66. The lowest BCUT2D eigenvalue weighted by Gasteiger charge is -2.30. The van der Waals surface area contributed by atoms with E-state index in [1.54, 1.807) is 0 Å². The van der Waals surface area contributed by atoms with Gasteiger partial charge >= 0.3 is 0 Å². The van der Waals surface area contributed by atoms with Crippen molar-refractivity contribution in [3.63, 3.8) is 0 Å². The molecule has 0 saturated heterocycles. The maximum absolute atomic E-state index is 6.77. The molecule has 330 valence electrons. The summed E-state index contributed by atoms with van der Waals surface area (Å²) in [6.07, 6.45) is 0. The first-order valence-electron chi connectivity index (χ1n) is 24.3. The molecule has 0 amide bonds. The van der Waals surface area contributed by atoms with Gasteiger partial charge in [0.25, 0.3) is 0 Å². The largest absolute Gasteiger partial charge is 0.455 e. The predicted molar refractivity (Wildman–Crippen MR) is 288 cm³/mol. The van der Waals surface area contributed by atoms with E-state index < -0.39 is 5.41 Å². The number of fused-ring (bicyclic) bond motifs is 19. The minimum Gasteiger partial charge on any atom is -0.455 e. The van der Waals surface area contributed by atoms with Crippen molar-refractivity contribution in [3.8, 4) is 56.4 Å². The van der Waals surface area contributed by atoms with Crippen molar-refractivity contribution in [3.05, 3.63) is 246 Å². The summed E-state index contributed by atoms with van der Waals surface area (Å²) in [5.74, 6) is 1.88. The minimum absolute atomic E-state index is 0.575. The Balaban J connectivity index is 0.965. The van der Waals surface area contributed by atoms with Crippen molar-refractivity contribution in [2.75, 3.05) is 0 Å². The molecule has 4 heterocycles. The Bertz CT molecular complexity index is 4550. The van der Waals surface area contributed by atoms with E-state index in [1.807, 2.05) is 43.3 Å². The van der Waals surface area contributed by atoms with E-state index in [9.17, 15) is 0 Å². The highest BCUT2D eigenvalue weighted by Crippen LogP contribution is 2.64. The Morgan fingerprint density at radius 2 is 0.887 bits per heavy atom. The average molecular weight is 906 g/mol. The Morgan fingerprint density at radius 1 is 0.352 bits per heavy atom. The SMILES string of the molecule is Cc1nc(-c2ccccc2)nc(-c2cccc3c2oc2ccc(-n4c5ccccc5c5cc6c(cc54)C4(c5ccccc5-c5ccccc54)c4cc5c(cc4-6)c4ccccc4n5-c4ccccc4)cc23)n1. The lowest BCUT2D eigenvalue weighted by atomic mass is 9.70. The molecule has 10 aromatic carbocycles. The van der Waals surface area contributed by atoms with Gasteiger partial charge in [-0.2, -0.15) is 0 Å². The maximum atomic E-state index is 6.77. The fourth-order valence-electron chi connectivity index (χ4n) is 12.6. The van der Waals surface area contributed by atoms with Gasteiger partial charge in [0.2, 0.25) is 0 Å². The predicted octanol–water partition coefficient (Wildman–Crippen LogP) is 16.0. The fourth-order valence-corrected chi connectivity index (χ4v) is 12.6. The first-order valence-corrected chi connectivity index (χ1v) is 24.3. The first kappa shape index (κ1) is 38.6. The second-order valence-electron chi connectivity index (χ2n) is 19.1. The summed E-state index contributed by atoms with van der Waals surface area (Å²) in [6.45, 7) is 1.92. The zero-order chi connectivity index (χ0) is 46.5. The third kappa shape index (κ3) is 5.12. The van der Waals surface area contributed by atoms with Crippen LogP contribution in [0.5, 0.6) is 0 Å². The number of benzene rings is 10. The van der Waals surface area contributed by atoms with Gasteiger partial charge in [-0.3, -0.25) is 0 Å². The summed E-state index contributed by atoms with van der Waals surface area (Å²) in [5.41, 5.74) is 20.0. The highest BCUT2D eigenvalue weighted by atomic mass is 16.3. The van der Waals surface area contributed by atoms with Gasteiger partial charge in [0, 0.05) is 49.3 Å². The van der Waals surface area contributed by atoms with Gasteiger partial charge in [0.1, 0.15) is 17.0 Å². The molecule has 0 atom stereocenters. The van der Waals surface area contributed by atoms with Crippen molar-refractivity contribution in [1.82, 2.24) is 24.1 Å². The van der Waals surface area contributed by atoms with Crippen LogP contribution in [-0.4, -0.2) is 24.1 Å². The van der Waals surface area contributed by atoms with Gasteiger partial charge in [-0.25, -0.2) is 15.0 Å². The summed E-state index contributed by atoms with van der Waals surface area (Å²) in [6, 6.07) is 79.7. The molecule has 6 heteroatoms. The number of rotatable bonds is 4. The van der Waals surface area contributed by atoms with E-state index in [1.165, 1.54) is 77.1 Å². The number of nitrogens with zero attached hydrogens (tertiary/aromatic N) is 5. The summed E-state index contributed by atoms with van der Waals surface area (Å²) in [7, 11) is 0. The van der Waals surface area contributed by atoms with Crippen LogP contribution < -0.4 is 0 Å². The van der Waals surface area contributed by atoms with Crippen LogP contribution in [0.3, 0.4) is 0 Å². The van der Waals surface area contributed by atoms with Crippen molar-refractivity contribution in [2.24, 2.45) is 0 Å². The molecule has 1 spiro atoms. The van der Waals surface area contributed by atoms with E-state index in [0.717, 1.165) is 55.5 Å². The number of para-hydroxylation sites is 4. The second-order valence-corrected chi connectivity index (χ2v) is 19.1. The molecule has 14 aromatic rings. The summed E-state index contributed by atoms with van der Waals surface area (Å²) >= 11 is 0. The Morgan fingerprint density at radius 3 is 1.55 bits per heavy atom. The quantitative estimate of drug-likeness (QED) is 0.177. The Hall–Kier alpha value is -9.39. The molecule has 0 unspecified atom stereocenters. The van der Waals surface area contributed by atoms with Crippen LogP contribution >= 0.6 is 0 Å². The minimum atomic E-state index is -0.575. The van der Waals surface area contributed by atoms with Crippen molar-refractivity contribution in [2.45, 2.75) is 12.3 Å². The van der Waals surface area contributed by atoms with E-state index in [2.05, 4.69) is 191 Å². The van der Waals surface area contributed by atoms with E-state index in [-0.39, 0.29) is 0 Å². The summed E-state index contributed by atoms with van der Waals surface area (Å²) in [5, 5.41) is 6.96. The molecule has 16 rings (SSSR count). The van der Waals surface area contributed by atoms with Gasteiger partial charge in [-0.05, 0) is 124 Å². The van der Waals surface area contributed by atoms with Gasteiger partial charge in [-0.1, -0.05) is 146 Å². The van der Waals surface area contributed by atoms with Gasteiger partial charge < -0.3 is 13.6 Å². The molecule has 0 aliphatic heterocycles. The fraction of sp³-hybridized carbons (Fsp3) is 0.0308. The summed E-state index contributed by atoms with van der Waals surface area (Å²) < 4.78 is 11.7. The topological polar surface area (TPSA) is 61.7 Å². The number of aromatic nitrogens is 5. The molecule has 0 radical (unpaired) electrons. The average Bonchev–Trinajstić information content (AvgIpc) is 4.21. The molecular formula is C65H39N5O. The molecule has 6 nitrogen and oxygen atoms in total. The smallest absolute Gasteiger partial charge is 0.167 e. The number of hydrogen-bond donors (Lipinski definition) is 0. The van der Waals surface area contributed by atoms with Gasteiger partial charge in [-0.15, -0.1) is 0 Å². The van der Waals surface area contributed by atoms with E-state index >= 15 is 0 Å². The van der Waals surface area contributed by atoms with Crippen LogP contribution in [0.2, 0.25) is 0 Å². The Labute approximate surface area is 407 Å². The lowest BCUT2D eigenvalue weighted by Crippen LogP contribution is -2.26. The molecule has 0 N–H and O–H groups in total. The zero-order valence-electron chi connectivity index (χ0n) is 38.4. The van der Waals surface area contributed by atoms with Crippen LogP contribution in [0, 0.1) is 6.92 Å². The number of furan rings is 1. The third-order valence-corrected chi connectivity index (χ3v) is 15.4. The zero-order valence-corrected chi connectivity index (χ0v) is 38.4.